The van der Waals surface area contributed by atoms with Crippen molar-refractivity contribution in [2.24, 2.45) is 5.92 Å². The summed E-state index contributed by atoms with van der Waals surface area (Å²) in [5.41, 5.74) is 13.1. The van der Waals surface area contributed by atoms with Crippen LogP contribution in [-0.4, -0.2) is 13.2 Å². The second kappa shape index (κ2) is 8.56. The maximum atomic E-state index is 5.99. The molecule has 1 unspecified atom stereocenters. The fourth-order valence-corrected chi connectivity index (χ4v) is 2.10. The Morgan fingerprint density at radius 2 is 1.60 bits per heavy atom. The number of anilines is 2. The van der Waals surface area contributed by atoms with Crippen LogP contribution in [0.3, 0.4) is 0 Å². The zero-order valence-electron chi connectivity index (χ0n) is 12.9. The molecule has 1 aromatic rings. The number of benzene rings is 1. The molecule has 0 radical (unpaired) electrons. The van der Waals surface area contributed by atoms with E-state index in [0.29, 0.717) is 42.0 Å². The van der Waals surface area contributed by atoms with Gasteiger partial charge in [0.2, 0.25) is 0 Å². The second-order valence-corrected chi connectivity index (χ2v) is 5.09. The molecule has 0 spiro atoms. The van der Waals surface area contributed by atoms with Crippen molar-refractivity contribution < 1.29 is 9.47 Å². The number of nitrogens with two attached hydrogens (primary N) is 2. The Labute approximate surface area is 122 Å². The molecule has 20 heavy (non-hydrogen) atoms. The third kappa shape index (κ3) is 4.83. The molecule has 0 aliphatic rings. The maximum Gasteiger partial charge on any atom is 0.144 e. The second-order valence-electron chi connectivity index (χ2n) is 5.09. The lowest BCUT2D eigenvalue weighted by molar-refractivity contribution is 0.234. The summed E-state index contributed by atoms with van der Waals surface area (Å²) in [6, 6.07) is 3.49. The van der Waals surface area contributed by atoms with Crippen LogP contribution in [-0.2, 0) is 0 Å². The van der Waals surface area contributed by atoms with E-state index in [9.17, 15) is 0 Å². The van der Waals surface area contributed by atoms with Gasteiger partial charge in [-0.3, -0.25) is 0 Å². The molecule has 0 fully saturated rings. The van der Waals surface area contributed by atoms with E-state index in [1.165, 1.54) is 19.3 Å². The van der Waals surface area contributed by atoms with Crippen LogP contribution in [0.1, 0.15) is 46.5 Å². The number of nitrogen functional groups attached to an aromatic ring is 2. The van der Waals surface area contributed by atoms with Crippen molar-refractivity contribution in [3.63, 3.8) is 0 Å². The van der Waals surface area contributed by atoms with Gasteiger partial charge in [-0.25, -0.2) is 0 Å². The predicted molar refractivity (Wildman–Crippen MR) is 85.2 cm³/mol. The normalized spacial score (nSPS) is 12.2. The summed E-state index contributed by atoms with van der Waals surface area (Å²) >= 11 is 0. The number of unbranched alkanes of at least 4 members (excludes halogenated alkanes) is 1. The summed E-state index contributed by atoms with van der Waals surface area (Å²) in [6.07, 6.45) is 4.77. The largest absolute Gasteiger partial charge is 0.492 e. The minimum Gasteiger partial charge on any atom is -0.492 e. The van der Waals surface area contributed by atoms with Gasteiger partial charge in [-0.05, 0) is 19.3 Å². The van der Waals surface area contributed by atoms with Crippen molar-refractivity contribution in [2.75, 3.05) is 24.7 Å². The summed E-state index contributed by atoms with van der Waals surface area (Å²) < 4.78 is 11.3. The van der Waals surface area contributed by atoms with Gasteiger partial charge in [0.05, 0.1) is 24.6 Å². The molecule has 0 aliphatic carbocycles. The van der Waals surface area contributed by atoms with Crippen molar-refractivity contribution in [1.82, 2.24) is 0 Å². The van der Waals surface area contributed by atoms with Crippen molar-refractivity contribution in [1.29, 1.82) is 0 Å². The zero-order chi connectivity index (χ0) is 15.0. The van der Waals surface area contributed by atoms with Gasteiger partial charge in [0, 0.05) is 12.1 Å². The summed E-state index contributed by atoms with van der Waals surface area (Å²) in [4.78, 5) is 0. The highest BCUT2D eigenvalue weighted by Crippen LogP contribution is 2.33. The highest BCUT2D eigenvalue weighted by Gasteiger charge is 2.11. The fourth-order valence-electron chi connectivity index (χ4n) is 2.10. The van der Waals surface area contributed by atoms with Gasteiger partial charge < -0.3 is 20.9 Å². The van der Waals surface area contributed by atoms with Crippen molar-refractivity contribution in [2.45, 2.75) is 46.5 Å². The first kappa shape index (κ1) is 16.5. The topological polar surface area (TPSA) is 70.5 Å². The van der Waals surface area contributed by atoms with Crippen LogP contribution in [0.25, 0.3) is 0 Å². The van der Waals surface area contributed by atoms with Gasteiger partial charge >= 0.3 is 0 Å². The highest BCUT2D eigenvalue weighted by atomic mass is 16.5. The number of hydrogen-bond acceptors (Lipinski definition) is 4. The zero-order valence-corrected chi connectivity index (χ0v) is 12.9. The molecule has 1 aromatic carbocycles. The number of rotatable bonds is 9. The molecule has 0 bridgehead atoms. The smallest absolute Gasteiger partial charge is 0.144 e. The van der Waals surface area contributed by atoms with Crippen molar-refractivity contribution in [3.05, 3.63) is 12.1 Å². The van der Waals surface area contributed by atoms with Crippen LogP contribution in [0.15, 0.2) is 12.1 Å². The van der Waals surface area contributed by atoms with Gasteiger partial charge in [-0.1, -0.05) is 33.1 Å². The van der Waals surface area contributed by atoms with E-state index >= 15 is 0 Å². The quantitative estimate of drug-likeness (QED) is 0.674. The monoisotopic (exact) mass is 280 g/mol. The Balaban J connectivity index is 2.65. The average molecular weight is 280 g/mol. The SMILES string of the molecule is CCCCC(CC)COc1cc(N)c(OCC)cc1N. The summed E-state index contributed by atoms with van der Waals surface area (Å²) in [6.45, 7) is 7.57. The highest BCUT2D eigenvalue weighted by molar-refractivity contribution is 5.67. The Bertz CT molecular complexity index is 408. The van der Waals surface area contributed by atoms with Crippen LogP contribution in [0.2, 0.25) is 0 Å². The van der Waals surface area contributed by atoms with Crippen LogP contribution >= 0.6 is 0 Å². The van der Waals surface area contributed by atoms with E-state index < -0.39 is 0 Å². The lowest BCUT2D eigenvalue weighted by Gasteiger charge is -2.17. The predicted octanol–water partition coefficient (Wildman–Crippen LogP) is 3.84. The van der Waals surface area contributed by atoms with E-state index in [1.54, 1.807) is 12.1 Å². The molecular formula is C16H28N2O2. The first-order chi connectivity index (χ1) is 9.62. The fraction of sp³-hybridized carbons (Fsp3) is 0.625. The van der Waals surface area contributed by atoms with E-state index in [0.717, 1.165) is 6.42 Å². The van der Waals surface area contributed by atoms with Gasteiger partial charge in [0.1, 0.15) is 11.5 Å². The molecule has 4 nitrogen and oxygen atoms in total. The Morgan fingerprint density at radius 3 is 2.10 bits per heavy atom. The third-order valence-electron chi connectivity index (χ3n) is 3.46. The van der Waals surface area contributed by atoms with E-state index in [-0.39, 0.29) is 0 Å². The summed E-state index contributed by atoms with van der Waals surface area (Å²) in [5.74, 6) is 1.85. The number of ether oxygens (including phenoxy) is 2. The van der Waals surface area contributed by atoms with Gasteiger partial charge in [-0.15, -0.1) is 0 Å². The molecule has 1 rings (SSSR count). The lowest BCUT2D eigenvalue weighted by atomic mass is 10.0. The van der Waals surface area contributed by atoms with Gasteiger partial charge in [0.15, 0.2) is 0 Å². The van der Waals surface area contributed by atoms with E-state index in [4.69, 9.17) is 20.9 Å². The van der Waals surface area contributed by atoms with Gasteiger partial charge in [0.25, 0.3) is 0 Å². The Morgan fingerprint density at radius 1 is 1.00 bits per heavy atom. The molecule has 0 amide bonds. The molecular weight excluding hydrogens is 252 g/mol. The van der Waals surface area contributed by atoms with Crippen LogP contribution < -0.4 is 20.9 Å². The van der Waals surface area contributed by atoms with Crippen LogP contribution in [0, 0.1) is 5.92 Å². The molecule has 0 saturated carbocycles. The summed E-state index contributed by atoms with van der Waals surface area (Å²) in [7, 11) is 0. The maximum absolute atomic E-state index is 5.99. The minimum atomic E-state index is 0.567. The Kier molecular flexibility index (Phi) is 7.05. The lowest BCUT2D eigenvalue weighted by Crippen LogP contribution is -2.12. The molecule has 4 N–H and O–H groups in total. The van der Waals surface area contributed by atoms with E-state index in [2.05, 4.69) is 13.8 Å². The molecule has 114 valence electrons. The summed E-state index contributed by atoms with van der Waals surface area (Å²) in [5, 5.41) is 0. The Hall–Kier alpha value is -1.58. The standard InChI is InChI=1S/C16H28N2O2/c1-4-7-8-12(5-2)11-20-16-10-13(17)15(19-6-3)9-14(16)18/h9-10,12H,4-8,11,17-18H2,1-3H3. The first-order valence-corrected chi connectivity index (χ1v) is 7.56. The average Bonchev–Trinajstić information content (AvgIpc) is 2.44. The molecule has 0 aromatic heterocycles. The van der Waals surface area contributed by atoms with Crippen LogP contribution in [0.5, 0.6) is 11.5 Å². The van der Waals surface area contributed by atoms with Gasteiger partial charge in [-0.2, -0.15) is 0 Å². The molecule has 4 heteroatoms. The van der Waals surface area contributed by atoms with Crippen molar-refractivity contribution >= 4 is 11.4 Å². The molecule has 0 heterocycles. The number of hydrogen-bond donors (Lipinski definition) is 2. The minimum absolute atomic E-state index is 0.567. The molecule has 1 atom stereocenters. The molecule has 0 aliphatic heterocycles. The van der Waals surface area contributed by atoms with Crippen molar-refractivity contribution in [3.8, 4) is 11.5 Å². The van der Waals surface area contributed by atoms with Crippen LogP contribution in [0.4, 0.5) is 11.4 Å². The first-order valence-electron chi connectivity index (χ1n) is 7.56. The third-order valence-corrected chi connectivity index (χ3v) is 3.46. The van der Waals surface area contributed by atoms with E-state index in [1.807, 2.05) is 6.92 Å². The molecule has 0 saturated heterocycles.